The minimum absolute atomic E-state index is 0.0128. The summed E-state index contributed by atoms with van der Waals surface area (Å²) in [5.41, 5.74) is 0.523. The van der Waals surface area contributed by atoms with Crippen LogP contribution in [0.3, 0.4) is 0 Å². The van der Waals surface area contributed by atoms with Gasteiger partial charge in [-0.3, -0.25) is 0 Å². The lowest BCUT2D eigenvalue weighted by Crippen LogP contribution is -2.70. The quantitative estimate of drug-likeness (QED) is 0.597. The van der Waals surface area contributed by atoms with Crippen LogP contribution >= 0.6 is 0 Å². The molecule has 1 unspecified atom stereocenters. The van der Waals surface area contributed by atoms with E-state index in [0.29, 0.717) is 37.8 Å². The fourth-order valence-electron chi connectivity index (χ4n) is 9.37. The molecule has 4 saturated carbocycles. The van der Waals surface area contributed by atoms with E-state index in [0.717, 1.165) is 30.1 Å². The second-order valence-electron chi connectivity index (χ2n) is 11.4. The molecule has 0 aromatic heterocycles. The van der Waals surface area contributed by atoms with Crippen LogP contribution in [0.2, 0.25) is 0 Å². The Morgan fingerprint density at radius 2 is 1.50 bits per heavy atom. The minimum atomic E-state index is -0.698. The number of ether oxygens (including phenoxy) is 4. The third-order valence-electron chi connectivity index (χ3n) is 10.5. The molecular weight excluding hydrogens is 352 g/mol. The normalized spacial score (nSPS) is 60.8. The molecule has 0 bridgehead atoms. The molecule has 6 rings (SSSR count). The Kier molecular flexibility index (Phi) is 3.96. The van der Waals surface area contributed by atoms with Crippen LogP contribution in [0, 0.1) is 40.4 Å². The van der Waals surface area contributed by atoms with Crippen LogP contribution in [-0.4, -0.2) is 38.0 Å². The highest BCUT2D eigenvalue weighted by Crippen LogP contribution is 2.73. The molecule has 4 nitrogen and oxygen atoms in total. The van der Waals surface area contributed by atoms with Crippen LogP contribution in [0.5, 0.6) is 0 Å². The lowest BCUT2D eigenvalue weighted by Gasteiger charge is -2.63. The molecule has 0 aromatic rings. The zero-order chi connectivity index (χ0) is 19.2. The summed E-state index contributed by atoms with van der Waals surface area (Å²) in [5.74, 6) is 2.49. The van der Waals surface area contributed by atoms with Crippen LogP contribution in [0.25, 0.3) is 0 Å². The molecule has 2 heterocycles. The molecule has 0 spiro atoms. The molecule has 0 aromatic carbocycles. The molecule has 6 fully saturated rings. The SMILES string of the molecule is C[C@H]1CC2CCCC[C@]2(C)[C@H]2CC[C@@]3(C)[C@@H](CC45OCCOC43OCCO5)[C@H]12. The number of hydrogen-bond acceptors (Lipinski definition) is 4. The summed E-state index contributed by atoms with van der Waals surface area (Å²) in [4.78, 5) is 0. The van der Waals surface area contributed by atoms with E-state index in [-0.39, 0.29) is 5.41 Å². The van der Waals surface area contributed by atoms with Crippen LogP contribution in [0.4, 0.5) is 0 Å². The third kappa shape index (κ3) is 2.02. The average molecular weight is 391 g/mol. The average Bonchev–Trinajstić information content (AvgIpc) is 2.95. The van der Waals surface area contributed by atoms with E-state index in [1.54, 1.807) is 0 Å². The van der Waals surface area contributed by atoms with Crippen molar-refractivity contribution in [3.8, 4) is 0 Å². The highest BCUT2D eigenvalue weighted by molar-refractivity contribution is 5.20. The van der Waals surface area contributed by atoms with Gasteiger partial charge < -0.3 is 18.9 Å². The lowest BCUT2D eigenvalue weighted by molar-refractivity contribution is -0.474. The highest BCUT2D eigenvalue weighted by atomic mass is 16.8. The van der Waals surface area contributed by atoms with Gasteiger partial charge in [0.05, 0.1) is 26.4 Å². The van der Waals surface area contributed by atoms with E-state index < -0.39 is 11.6 Å². The van der Waals surface area contributed by atoms with Crippen LogP contribution in [0.1, 0.15) is 72.1 Å². The predicted octanol–water partition coefficient (Wildman–Crippen LogP) is 4.76. The van der Waals surface area contributed by atoms with E-state index >= 15 is 0 Å². The molecule has 2 saturated heterocycles. The summed E-state index contributed by atoms with van der Waals surface area (Å²) < 4.78 is 25.9. The maximum absolute atomic E-state index is 6.53. The van der Waals surface area contributed by atoms with Crippen LogP contribution in [-0.2, 0) is 18.9 Å². The van der Waals surface area contributed by atoms with Gasteiger partial charge in [0.15, 0.2) is 0 Å². The van der Waals surface area contributed by atoms with Gasteiger partial charge in [0.25, 0.3) is 0 Å². The lowest BCUT2D eigenvalue weighted by atomic mass is 9.43. The highest BCUT2D eigenvalue weighted by Gasteiger charge is 2.79. The molecule has 4 aliphatic carbocycles. The van der Waals surface area contributed by atoms with Gasteiger partial charge in [0, 0.05) is 11.8 Å². The van der Waals surface area contributed by atoms with Gasteiger partial charge >= 0.3 is 0 Å². The van der Waals surface area contributed by atoms with Crippen molar-refractivity contribution in [2.45, 2.75) is 83.7 Å². The maximum atomic E-state index is 6.53. The molecule has 0 N–H and O–H groups in total. The van der Waals surface area contributed by atoms with E-state index in [2.05, 4.69) is 20.8 Å². The van der Waals surface area contributed by atoms with Gasteiger partial charge in [-0.2, -0.15) is 0 Å². The van der Waals surface area contributed by atoms with Crippen molar-refractivity contribution in [1.29, 1.82) is 0 Å². The molecule has 6 aliphatic rings. The summed E-state index contributed by atoms with van der Waals surface area (Å²) in [7, 11) is 0. The monoisotopic (exact) mass is 390 g/mol. The number of hydrogen-bond donors (Lipinski definition) is 0. The molecule has 2 aliphatic heterocycles. The van der Waals surface area contributed by atoms with Crippen molar-refractivity contribution in [3.63, 3.8) is 0 Å². The maximum Gasteiger partial charge on any atom is 0.229 e. The van der Waals surface area contributed by atoms with E-state index in [1.807, 2.05) is 0 Å². The summed E-state index contributed by atoms with van der Waals surface area (Å²) in [6, 6.07) is 0. The summed E-state index contributed by atoms with van der Waals surface area (Å²) in [6.45, 7) is 10.1. The van der Waals surface area contributed by atoms with Crippen molar-refractivity contribution < 1.29 is 18.9 Å². The zero-order valence-electron chi connectivity index (χ0n) is 18.0. The van der Waals surface area contributed by atoms with Crippen molar-refractivity contribution in [1.82, 2.24) is 0 Å². The zero-order valence-corrected chi connectivity index (χ0v) is 18.0. The first-order valence-corrected chi connectivity index (χ1v) is 12.0. The van der Waals surface area contributed by atoms with Crippen molar-refractivity contribution in [3.05, 3.63) is 0 Å². The van der Waals surface area contributed by atoms with E-state index in [4.69, 9.17) is 18.9 Å². The Bertz CT molecular complexity index is 637. The Labute approximate surface area is 170 Å². The van der Waals surface area contributed by atoms with Crippen molar-refractivity contribution >= 4 is 0 Å². The van der Waals surface area contributed by atoms with E-state index in [9.17, 15) is 0 Å². The van der Waals surface area contributed by atoms with Gasteiger partial charge in [0.1, 0.15) is 0 Å². The number of rotatable bonds is 0. The standard InChI is InChI=1S/C24H38O4/c1-16-14-17-6-4-5-8-21(17,2)18-7-9-22(3)19(20(16)18)15-23-24(22,27-12-10-25-23)28-13-11-26-23/h16-20H,4-15H2,1-3H3/t16-,17?,18-,19-,20+,21-,22-,23?,24?/m0/s1. The predicted molar refractivity (Wildman–Crippen MR) is 106 cm³/mol. The first kappa shape index (κ1) is 18.6. The number of fused-ring (bicyclic) bond motifs is 5. The summed E-state index contributed by atoms with van der Waals surface area (Å²) >= 11 is 0. The Balaban J connectivity index is 1.43. The molecule has 0 radical (unpaired) electrons. The van der Waals surface area contributed by atoms with Crippen molar-refractivity contribution in [2.24, 2.45) is 40.4 Å². The largest absolute Gasteiger partial charge is 0.343 e. The van der Waals surface area contributed by atoms with E-state index in [1.165, 1.54) is 44.9 Å². The second kappa shape index (κ2) is 5.96. The van der Waals surface area contributed by atoms with Gasteiger partial charge in [0.2, 0.25) is 11.6 Å². The minimum Gasteiger partial charge on any atom is -0.343 e. The third-order valence-corrected chi connectivity index (χ3v) is 10.5. The first-order valence-electron chi connectivity index (χ1n) is 12.0. The molecule has 0 amide bonds. The first-order chi connectivity index (χ1) is 13.5. The van der Waals surface area contributed by atoms with Gasteiger partial charge in [-0.1, -0.05) is 33.6 Å². The molecule has 28 heavy (non-hydrogen) atoms. The van der Waals surface area contributed by atoms with Crippen LogP contribution in [0.15, 0.2) is 0 Å². The fourth-order valence-corrected chi connectivity index (χ4v) is 9.37. The molecular formula is C24H38O4. The van der Waals surface area contributed by atoms with Gasteiger partial charge in [-0.25, -0.2) is 0 Å². The smallest absolute Gasteiger partial charge is 0.229 e. The Hall–Kier alpha value is -0.160. The summed E-state index contributed by atoms with van der Waals surface area (Å²) in [6.07, 6.45) is 10.6. The van der Waals surface area contributed by atoms with Gasteiger partial charge in [-0.15, -0.1) is 0 Å². The Morgan fingerprint density at radius 1 is 0.786 bits per heavy atom. The molecule has 158 valence electrons. The summed E-state index contributed by atoms with van der Waals surface area (Å²) in [5, 5.41) is 0. The second-order valence-corrected chi connectivity index (χ2v) is 11.4. The topological polar surface area (TPSA) is 36.9 Å². The van der Waals surface area contributed by atoms with Crippen LogP contribution < -0.4 is 0 Å². The molecule has 4 heteroatoms. The Morgan fingerprint density at radius 3 is 2.25 bits per heavy atom. The van der Waals surface area contributed by atoms with Crippen molar-refractivity contribution in [2.75, 3.05) is 26.4 Å². The van der Waals surface area contributed by atoms with Gasteiger partial charge in [-0.05, 0) is 67.1 Å². The molecule has 7 atom stereocenters. The fraction of sp³-hybridized carbons (Fsp3) is 1.00.